The number of nitrogens with zero attached hydrogens (tertiary/aromatic N) is 1. The Bertz CT molecular complexity index is 507. The second-order valence-corrected chi connectivity index (χ2v) is 8.39. The van der Waals surface area contributed by atoms with Crippen molar-refractivity contribution in [2.45, 2.75) is 30.0 Å². The summed E-state index contributed by atoms with van der Waals surface area (Å²) < 4.78 is 27.2. The summed E-state index contributed by atoms with van der Waals surface area (Å²) in [5, 5.41) is 8.84. The Labute approximate surface area is 119 Å². The van der Waals surface area contributed by atoms with Crippen molar-refractivity contribution >= 4 is 21.4 Å². The van der Waals surface area contributed by atoms with Crippen molar-refractivity contribution in [2.75, 3.05) is 27.2 Å². The molecule has 0 aliphatic heterocycles. The van der Waals surface area contributed by atoms with Gasteiger partial charge in [-0.25, -0.2) is 13.1 Å². The first kappa shape index (κ1) is 16.6. The molecule has 0 aromatic carbocycles. The van der Waals surface area contributed by atoms with Crippen LogP contribution in [0.2, 0.25) is 0 Å². The number of aliphatic hydroxyl groups excluding tert-OH is 1. The molecule has 0 aliphatic carbocycles. The summed E-state index contributed by atoms with van der Waals surface area (Å²) in [7, 11) is 0.367. The van der Waals surface area contributed by atoms with E-state index in [1.807, 2.05) is 32.8 Å². The van der Waals surface area contributed by atoms with Crippen LogP contribution in [0.25, 0.3) is 0 Å². The van der Waals surface area contributed by atoms with Gasteiger partial charge in [0.2, 0.25) is 10.0 Å². The molecule has 0 radical (unpaired) electrons. The van der Waals surface area contributed by atoms with Gasteiger partial charge in [-0.1, -0.05) is 0 Å². The molecule has 0 bridgehead atoms. The first-order valence-electron chi connectivity index (χ1n) is 6.06. The highest BCUT2D eigenvalue weighted by molar-refractivity contribution is 7.91. The number of nitrogens with one attached hydrogen (secondary N) is 1. The highest BCUT2D eigenvalue weighted by Crippen LogP contribution is 2.22. The number of rotatable bonds is 7. The largest absolute Gasteiger partial charge is 0.396 e. The third-order valence-electron chi connectivity index (χ3n) is 3.17. The number of thiophene rings is 1. The fourth-order valence-corrected chi connectivity index (χ4v) is 3.84. The lowest BCUT2D eigenvalue weighted by Crippen LogP contribution is -2.47. The van der Waals surface area contributed by atoms with Gasteiger partial charge in [0, 0.05) is 30.0 Å². The zero-order chi connectivity index (χ0) is 14.7. The topological polar surface area (TPSA) is 69.6 Å². The molecule has 0 amide bonds. The van der Waals surface area contributed by atoms with Gasteiger partial charge >= 0.3 is 0 Å². The zero-order valence-electron chi connectivity index (χ0n) is 11.8. The van der Waals surface area contributed by atoms with Crippen LogP contribution < -0.4 is 4.72 Å². The predicted molar refractivity (Wildman–Crippen MR) is 78.1 cm³/mol. The molecule has 110 valence electrons. The van der Waals surface area contributed by atoms with Gasteiger partial charge in [-0.2, -0.15) is 0 Å². The zero-order valence-corrected chi connectivity index (χ0v) is 13.4. The number of hydrogen-bond acceptors (Lipinski definition) is 5. The van der Waals surface area contributed by atoms with Gasteiger partial charge in [0.15, 0.2) is 0 Å². The summed E-state index contributed by atoms with van der Waals surface area (Å²) in [5.74, 6) is 0. The molecule has 1 aromatic heterocycles. The van der Waals surface area contributed by atoms with Crippen LogP contribution in [0.1, 0.15) is 18.7 Å². The lowest BCUT2D eigenvalue weighted by Gasteiger charge is -2.32. The average Bonchev–Trinajstić information content (AvgIpc) is 2.76. The van der Waals surface area contributed by atoms with Gasteiger partial charge in [-0.05, 0) is 40.1 Å². The molecule has 0 spiro atoms. The molecule has 0 saturated carbocycles. The molecular weight excluding hydrogens is 284 g/mol. The SMILES string of the molecule is CN(C)C(C)(C)CNS(=O)(=O)c1ccc(CCO)s1. The van der Waals surface area contributed by atoms with Gasteiger partial charge in [-0.3, -0.25) is 0 Å². The molecule has 0 aliphatic rings. The molecular formula is C12H22N2O3S2. The van der Waals surface area contributed by atoms with Crippen molar-refractivity contribution in [3.8, 4) is 0 Å². The van der Waals surface area contributed by atoms with E-state index in [2.05, 4.69) is 4.72 Å². The number of likely N-dealkylation sites (N-methyl/N-ethyl adjacent to an activating group) is 1. The molecule has 1 rings (SSSR count). The molecule has 0 atom stereocenters. The second kappa shape index (κ2) is 6.32. The van der Waals surface area contributed by atoms with Gasteiger partial charge in [0.1, 0.15) is 4.21 Å². The van der Waals surface area contributed by atoms with E-state index in [-0.39, 0.29) is 12.1 Å². The summed E-state index contributed by atoms with van der Waals surface area (Å²) in [6, 6.07) is 3.33. The molecule has 1 aromatic rings. The second-order valence-electron chi connectivity index (χ2n) is 5.23. The Morgan fingerprint density at radius 1 is 1.37 bits per heavy atom. The third kappa shape index (κ3) is 4.54. The minimum absolute atomic E-state index is 0.0289. The van der Waals surface area contributed by atoms with Gasteiger partial charge < -0.3 is 10.0 Å². The van der Waals surface area contributed by atoms with E-state index in [4.69, 9.17) is 5.11 Å². The Morgan fingerprint density at radius 2 is 2.00 bits per heavy atom. The Balaban J connectivity index is 2.75. The minimum Gasteiger partial charge on any atom is -0.396 e. The molecule has 7 heteroatoms. The summed E-state index contributed by atoms with van der Waals surface area (Å²) in [4.78, 5) is 2.84. The summed E-state index contributed by atoms with van der Waals surface area (Å²) in [6.07, 6.45) is 0.489. The van der Waals surface area contributed by atoms with Crippen molar-refractivity contribution in [1.82, 2.24) is 9.62 Å². The maximum atomic E-state index is 12.1. The maximum absolute atomic E-state index is 12.1. The molecule has 2 N–H and O–H groups in total. The van der Waals surface area contributed by atoms with Crippen LogP contribution in [-0.4, -0.2) is 51.2 Å². The highest BCUT2D eigenvalue weighted by atomic mass is 32.2. The molecule has 0 unspecified atom stereocenters. The molecule has 5 nitrogen and oxygen atoms in total. The standard InChI is InChI=1S/C12H22N2O3S2/c1-12(2,14(3)4)9-13-19(16,17)11-6-5-10(18-11)7-8-15/h5-6,13,15H,7-9H2,1-4H3. The first-order valence-corrected chi connectivity index (χ1v) is 8.36. The lowest BCUT2D eigenvalue weighted by atomic mass is 10.1. The maximum Gasteiger partial charge on any atom is 0.250 e. The fourth-order valence-electron chi connectivity index (χ4n) is 1.25. The van der Waals surface area contributed by atoms with Gasteiger partial charge in [0.25, 0.3) is 0 Å². The van der Waals surface area contributed by atoms with E-state index in [1.54, 1.807) is 12.1 Å². The van der Waals surface area contributed by atoms with Crippen LogP contribution in [0.5, 0.6) is 0 Å². The Morgan fingerprint density at radius 3 is 2.53 bits per heavy atom. The lowest BCUT2D eigenvalue weighted by molar-refractivity contribution is 0.199. The molecule has 0 fully saturated rings. The van der Waals surface area contributed by atoms with Gasteiger partial charge in [0.05, 0.1) is 0 Å². The van der Waals surface area contributed by atoms with E-state index in [1.165, 1.54) is 11.3 Å². The van der Waals surface area contributed by atoms with Crippen molar-refractivity contribution < 1.29 is 13.5 Å². The fraction of sp³-hybridized carbons (Fsp3) is 0.667. The van der Waals surface area contributed by atoms with Crippen LogP contribution in [0.3, 0.4) is 0 Å². The van der Waals surface area contributed by atoms with Gasteiger partial charge in [-0.15, -0.1) is 11.3 Å². The average molecular weight is 306 g/mol. The molecule has 19 heavy (non-hydrogen) atoms. The van der Waals surface area contributed by atoms with Crippen LogP contribution >= 0.6 is 11.3 Å². The van der Waals surface area contributed by atoms with E-state index >= 15 is 0 Å². The van der Waals surface area contributed by atoms with E-state index < -0.39 is 10.0 Å². The van der Waals surface area contributed by atoms with Crippen molar-refractivity contribution in [3.05, 3.63) is 17.0 Å². The van der Waals surface area contributed by atoms with Crippen LogP contribution in [0, 0.1) is 0 Å². The molecule has 1 heterocycles. The number of sulfonamides is 1. The predicted octanol–water partition coefficient (Wildman–Crippen LogP) is 0.901. The number of hydrogen-bond donors (Lipinski definition) is 2. The number of aliphatic hydroxyl groups is 1. The van der Waals surface area contributed by atoms with E-state index in [9.17, 15) is 8.42 Å². The quantitative estimate of drug-likeness (QED) is 0.785. The highest BCUT2D eigenvalue weighted by Gasteiger charge is 2.24. The van der Waals surface area contributed by atoms with Crippen molar-refractivity contribution in [3.63, 3.8) is 0 Å². The van der Waals surface area contributed by atoms with Crippen LogP contribution in [-0.2, 0) is 16.4 Å². The van der Waals surface area contributed by atoms with E-state index in [0.717, 1.165) is 4.88 Å². The summed E-state index contributed by atoms with van der Waals surface area (Å²) in [6.45, 7) is 4.32. The monoisotopic (exact) mass is 306 g/mol. The smallest absolute Gasteiger partial charge is 0.250 e. The Hall–Kier alpha value is -0.470. The molecule has 0 saturated heterocycles. The van der Waals surface area contributed by atoms with Crippen molar-refractivity contribution in [2.24, 2.45) is 0 Å². The van der Waals surface area contributed by atoms with Crippen LogP contribution in [0.4, 0.5) is 0 Å². The third-order valence-corrected chi connectivity index (χ3v) is 6.20. The minimum atomic E-state index is -3.46. The normalized spacial score (nSPS) is 13.2. The van der Waals surface area contributed by atoms with Crippen molar-refractivity contribution in [1.29, 1.82) is 0 Å². The van der Waals surface area contributed by atoms with E-state index in [0.29, 0.717) is 17.2 Å². The summed E-state index contributed by atoms with van der Waals surface area (Å²) in [5.41, 5.74) is -0.252. The Kier molecular flexibility index (Phi) is 5.52. The van der Waals surface area contributed by atoms with Crippen LogP contribution in [0.15, 0.2) is 16.3 Å². The summed E-state index contributed by atoms with van der Waals surface area (Å²) >= 11 is 1.20. The first-order chi connectivity index (χ1) is 8.69.